The molecular formula is C21H25F3N6O4. The van der Waals surface area contributed by atoms with E-state index in [0.29, 0.717) is 5.56 Å². The standard InChI is InChI=1S/C21H25F3N6O4/c22-21(23,24)13-3-1-12(2-4-13)14(5-10-31)29-19(34)20(26)6-8-30(9-7-20)17-15(18(32)33)16(25)27-11-28-17/h1-4,11,14,31H,5-10,26H2,(H,29,34)(H,32,33)(H2,25,27,28)/t14-/m0/s1. The van der Waals surface area contributed by atoms with E-state index in [0.717, 1.165) is 18.5 Å². The lowest BCUT2D eigenvalue weighted by Gasteiger charge is -2.39. The molecule has 1 aliphatic heterocycles. The third kappa shape index (κ3) is 5.37. The smallest absolute Gasteiger partial charge is 0.416 e. The number of carbonyl (C=O) groups is 2. The first-order valence-electron chi connectivity index (χ1n) is 10.4. The Bertz CT molecular complexity index is 1040. The van der Waals surface area contributed by atoms with Crippen LogP contribution in [0.4, 0.5) is 24.8 Å². The maximum absolute atomic E-state index is 13.0. The number of rotatable bonds is 7. The van der Waals surface area contributed by atoms with Crippen LogP contribution in [0.25, 0.3) is 0 Å². The Balaban J connectivity index is 1.71. The van der Waals surface area contributed by atoms with Crippen LogP contribution in [0.3, 0.4) is 0 Å². The summed E-state index contributed by atoms with van der Waals surface area (Å²) < 4.78 is 38.5. The second kappa shape index (κ2) is 9.81. The molecule has 0 unspecified atom stereocenters. The van der Waals surface area contributed by atoms with E-state index in [4.69, 9.17) is 11.5 Å². The van der Waals surface area contributed by atoms with Crippen LogP contribution in [0.5, 0.6) is 0 Å². The minimum absolute atomic E-state index is 0.0848. The van der Waals surface area contributed by atoms with Crippen molar-refractivity contribution in [3.63, 3.8) is 0 Å². The molecule has 2 heterocycles. The highest BCUT2D eigenvalue weighted by Crippen LogP contribution is 2.31. The molecule has 1 amide bonds. The van der Waals surface area contributed by atoms with E-state index in [1.807, 2.05) is 0 Å². The molecule has 0 radical (unpaired) electrons. The Morgan fingerprint density at radius 2 is 1.79 bits per heavy atom. The quantitative estimate of drug-likeness (QED) is 0.391. The molecule has 1 aromatic carbocycles. The zero-order valence-electron chi connectivity index (χ0n) is 18.0. The van der Waals surface area contributed by atoms with Gasteiger partial charge in [0.15, 0.2) is 0 Å². The number of piperidine rings is 1. The van der Waals surface area contributed by atoms with Crippen LogP contribution in [-0.2, 0) is 11.0 Å². The van der Waals surface area contributed by atoms with Crippen molar-refractivity contribution in [1.29, 1.82) is 0 Å². The Kier molecular flexibility index (Phi) is 7.26. The first kappa shape index (κ1) is 25.2. The monoisotopic (exact) mass is 482 g/mol. The molecule has 0 spiro atoms. The molecule has 0 saturated carbocycles. The van der Waals surface area contributed by atoms with Gasteiger partial charge in [-0.1, -0.05) is 12.1 Å². The lowest BCUT2D eigenvalue weighted by atomic mass is 9.86. The van der Waals surface area contributed by atoms with Gasteiger partial charge in [-0.25, -0.2) is 14.8 Å². The zero-order valence-corrected chi connectivity index (χ0v) is 18.0. The summed E-state index contributed by atoms with van der Waals surface area (Å²) in [5.74, 6) is -1.85. The predicted molar refractivity (Wildman–Crippen MR) is 116 cm³/mol. The Morgan fingerprint density at radius 1 is 1.18 bits per heavy atom. The van der Waals surface area contributed by atoms with Gasteiger partial charge in [0.2, 0.25) is 5.91 Å². The van der Waals surface area contributed by atoms with E-state index in [9.17, 15) is 33.0 Å². The fourth-order valence-electron chi connectivity index (χ4n) is 3.84. The summed E-state index contributed by atoms with van der Waals surface area (Å²) in [6.07, 6.45) is -2.95. The number of amides is 1. The lowest BCUT2D eigenvalue weighted by Crippen LogP contribution is -2.60. The number of nitrogens with one attached hydrogen (secondary N) is 1. The number of anilines is 2. The number of carbonyl (C=O) groups excluding carboxylic acids is 1. The zero-order chi connectivity index (χ0) is 25.1. The molecule has 3 rings (SSSR count). The molecule has 13 heteroatoms. The number of nitrogens with zero attached hydrogens (tertiary/aromatic N) is 3. The van der Waals surface area contributed by atoms with Crippen molar-refractivity contribution in [2.45, 2.75) is 37.0 Å². The molecule has 1 aromatic heterocycles. The molecule has 1 fully saturated rings. The number of nitrogen functional groups attached to an aromatic ring is 1. The van der Waals surface area contributed by atoms with Gasteiger partial charge in [-0.3, -0.25) is 4.79 Å². The van der Waals surface area contributed by atoms with Crippen LogP contribution in [0, 0.1) is 0 Å². The van der Waals surface area contributed by atoms with Gasteiger partial charge >= 0.3 is 12.1 Å². The maximum Gasteiger partial charge on any atom is 0.416 e. The second-order valence-electron chi connectivity index (χ2n) is 8.06. The number of hydrogen-bond acceptors (Lipinski definition) is 8. The number of aromatic carboxylic acids is 1. The van der Waals surface area contributed by atoms with Gasteiger partial charge in [0.25, 0.3) is 0 Å². The van der Waals surface area contributed by atoms with E-state index in [2.05, 4.69) is 15.3 Å². The van der Waals surface area contributed by atoms with E-state index >= 15 is 0 Å². The number of aliphatic hydroxyl groups excluding tert-OH is 1. The van der Waals surface area contributed by atoms with Crippen molar-refractivity contribution in [3.8, 4) is 0 Å². The molecule has 0 aliphatic carbocycles. The van der Waals surface area contributed by atoms with Crippen molar-refractivity contribution in [2.24, 2.45) is 5.73 Å². The summed E-state index contributed by atoms with van der Waals surface area (Å²) in [5, 5.41) is 21.5. The van der Waals surface area contributed by atoms with Crippen molar-refractivity contribution in [3.05, 3.63) is 47.3 Å². The van der Waals surface area contributed by atoms with E-state index in [1.54, 1.807) is 4.90 Å². The fourth-order valence-corrected chi connectivity index (χ4v) is 3.84. The molecular weight excluding hydrogens is 457 g/mol. The van der Waals surface area contributed by atoms with Gasteiger partial charge < -0.3 is 31.9 Å². The second-order valence-corrected chi connectivity index (χ2v) is 8.06. The van der Waals surface area contributed by atoms with Gasteiger partial charge in [-0.2, -0.15) is 13.2 Å². The molecule has 34 heavy (non-hydrogen) atoms. The molecule has 10 nitrogen and oxygen atoms in total. The number of hydrogen-bond donors (Lipinski definition) is 5. The number of carboxylic acid groups (broad SMARTS) is 1. The van der Waals surface area contributed by atoms with Crippen LogP contribution < -0.4 is 21.7 Å². The first-order chi connectivity index (χ1) is 16.0. The van der Waals surface area contributed by atoms with Gasteiger partial charge in [-0.05, 0) is 37.0 Å². The number of benzene rings is 1. The van der Waals surface area contributed by atoms with Crippen LogP contribution in [0.15, 0.2) is 30.6 Å². The number of aliphatic hydroxyl groups is 1. The molecule has 7 N–H and O–H groups in total. The summed E-state index contributed by atoms with van der Waals surface area (Å²) in [6, 6.07) is 3.59. The third-order valence-electron chi connectivity index (χ3n) is 5.84. The van der Waals surface area contributed by atoms with Crippen LogP contribution >= 0.6 is 0 Å². The molecule has 1 saturated heterocycles. The van der Waals surface area contributed by atoms with Crippen LogP contribution in [0.2, 0.25) is 0 Å². The molecule has 184 valence electrons. The first-order valence-corrected chi connectivity index (χ1v) is 10.4. The largest absolute Gasteiger partial charge is 0.477 e. The van der Waals surface area contributed by atoms with Gasteiger partial charge in [-0.15, -0.1) is 0 Å². The van der Waals surface area contributed by atoms with E-state index in [-0.39, 0.29) is 56.2 Å². The molecule has 1 aliphatic rings. The average Bonchev–Trinajstić information content (AvgIpc) is 2.78. The SMILES string of the molecule is Nc1ncnc(N2CCC(N)(C(=O)N[C@@H](CCO)c3ccc(C(F)(F)F)cc3)CC2)c1C(=O)O. The molecule has 1 atom stereocenters. The Morgan fingerprint density at radius 3 is 2.32 bits per heavy atom. The molecule has 2 aromatic rings. The van der Waals surface area contributed by atoms with E-state index < -0.39 is 35.2 Å². The van der Waals surface area contributed by atoms with Crippen molar-refractivity contribution in [1.82, 2.24) is 15.3 Å². The minimum Gasteiger partial charge on any atom is -0.477 e. The Hall–Kier alpha value is -3.45. The van der Waals surface area contributed by atoms with Crippen LogP contribution in [0.1, 0.15) is 46.8 Å². The number of nitrogens with two attached hydrogens (primary N) is 2. The fraction of sp³-hybridized carbons (Fsp3) is 0.429. The summed E-state index contributed by atoms with van der Waals surface area (Å²) in [6.45, 7) is 0.127. The Labute approximate surface area is 192 Å². The molecule has 0 bridgehead atoms. The number of halogens is 3. The summed E-state index contributed by atoms with van der Waals surface area (Å²) in [5.41, 5.74) is 10.1. The van der Waals surface area contributed by atoms with Crippen LogP contribution in [-0.4, -0.2) is 57.3 Å². The maximum atomic E-state index is 13.0. The summed E-state index contributed by atoms with van der Waals surface area (Å²) in [4.78, 5) is 33.9. The summed E-state index contributed by atoms with van der Waals surface area (Å²) >= 11 is 0. The predicted octanol–water partition coefficient (Wildman–Crippen LogP) is 1.31. The van der Waals surface area contributed by atoms with Gasteiger partial charge in [0.1, 0.15) is 23.5 Å². The van der Waals surface area contributed by atoms with E-state index in [1.165, 1.54) is 12.1 Å². The highest BCUT2D eigenvalue weighted by molar-refractivity contribution is 5.98. The minimum atomic E-state index is -4.49. The van der Waals surface area contributed by atoms with Crippen molar-refractivity contribution in [2.75, 3.05) is 30.3 Å². The third-order valence-corrected chi connectivity index (χ3v) is 5.84. The van der Waals surface area contributed by atoms with Gasteiger partial charge in [0.05, 0.1) is 17.1 Å². The average molecular weight is 482 g/mol. The number of aromatic nitrogens is 2. The normalized spacial score (nSPS) is 16.7. The highest BCUT2D eigenvalue weighted by Gasteiger charge is 2.40. The lowest BCUT2D eigenvalue weighted by molar-refractivity contribution is -0.137. The topological polar surface area (TPSA) is 168 Å². The van der Waals surface area contributed by atoms with Crippen molar-refractivity contribution < 1.29 is 33.0 Å². The van der Waals surface area contributed by atoms with Crippen molar-refractivity contribution >= 4 is 23.5 Å². The number of alkyl halides is 3. The van der Waals surface area contributed by atoms with Gasteiger partial charge in [0, 0.05) is 19.7 Å². The number of carboxylic acids is 1. The summed E-state index contributed by atoms with van der Waals surface area (Å²) in [7, 11) is 0. The highest BCUT2D eigenvalue weighted by atomic mass is 19.4.